The van der Waals surface area contributed by atoms with Gasteiger partial charge in [-0.3, -0.25) is 4.79 Å². The van der Waals surface area contributed by atoms with Crippen LogP contribution in [0, 0.1) is 5.41 Å². The molecule has 0 fully saturated rings. The Bertz CT molecular complexity index is 481. The first-order valence-electron chi connectivity index (χ1n) is 6.77. The summed E-state index contributed by atoms with van der Waals surface area (Å²) in [5, 5.41) is 0. The molecule has 1 aromatic rings. The van der Waals surface area contributed by atoms with Gasteiger partial charge in [0.05, 0.1) is 19.6 Å². The lowest BCUT2D eigenvalue weighted by Crippen LogP contribution is -2.37. The summed E-state index contributed by atoms with van der Waals surface area (Å²) in [6, 6.07) is 5.44. The number of benzene rings is 1. The highest BCUT2D eigenvalue weighted by Crippen LogP contribution is 2.38. The van der Waals surface area contributed by atoms with Crippen LogP contribution in [-0.2, 0) is 9.53 Å². The molecule has 0 aliphatic heterocycles. The summed E-state index contributed by atoms with van der Waals surface area (Å²) in [5.41, 5.74) is 7.48. The van der Waals surface area contributed by atoms with Crippen LogP contribution in [0.25, 0.3) is 0 Å². The van der Waals surface area contributed by atoms with E-state index < -0.39 is 11.5 Å². The van der Waals surface area contributed by atoms with Gasteiger partial charge in [0.15, 0.2) is 0 Å². The maximum absolute atomic E-state index is 11.9. The molecule has 0 aliphatic carbocycles. The molecule has 1 aromatic carbocycles. The van der Waals surface area contributed by atoms with Crippen LogP contribution in [0.15, 0.2) is 18.2 Å². The SMILES string of the molecule is COC(=O)C(C)(C)[C@H](N)c1cc(C(C)C)ccc1OC. The molecule has 0 aliphatic rings. The first kappa shape index (κ1) is 16.5. The number of nitrogens with two attached hydrogens (primary N) is 1. The minimum absolute atomic E-state index is 0.331. The fourth-order valence-corrected chi connectivity index (χ4v) is 2.13. The molecule has 1 rings (SSSR count). The van der Waals surface area contributed by atoms with Crippen molar-refractivity contribution in [1.29, 1.82) is 0 Å². The molecule has 0 amide bonds. The van der Waals surface area contributed by atoms with Gasteiger partial charge in [-0.1, -0.05) is 26.0 Å². The summed E-state index contributed by atoms with van der Waals surface area (Å²) in [4.78, 5) is 11.9. The van der Waals surface area contributed by atoms with Crippen LogP contribution >= 0.6 is 0 Å². The largest absolute Gasteiger partial charge is 0.496 e. The van der Waals surface area contributed by atoms with E-state index in [-0.39, 0.29) is 5.97 Å². The van der Waals surface area contributed by atoms with Crippen LogP contribution in [0.2, 0.25) is 0 Å². The van der Waals surface area contributed by atoms with Gasteiger partial charge in [0.1, 0.15) is 5.75 Å². The van der Waals surface area contributed by atoms with E-state index in [9.17, 15) is 4.79 Å². The molecule has 0 heterocycles. The standard InChI is InChI=1S/C16H25NO3/c1-10(2)11-7-8-13(19-5)12(9-11)14(17)16(3,4)15(18)20-6/h7-10,14H,17H2,1-6H3/t14-/m1/s1. The summed E-state index contributed by atoms with van der Waals surface area (Å²) in [6.07, 6.45) is 0. The van der Waals surface area contributed by atoms with Crippen molar-refractivity contribution in [1.82, 2.24) is 0 Å². The zero-order chi connectivity index (χ0) is 15.5. The lowest BCUT2D eigenvalue weighted by molar-refractivity contribution is -0.152. The van der Waals surface area contributed by atoms with Crippen LogP contribution in [0.5, 0.6) is 5.75 Å². The maximum Gasteiger partial charge on any atom is 0.313 e. The molecule has 20 heavy (non-hydrogen) atoms. The lowest BCUT2D eigenvalue weighted by Gasteiger charge is -2.30. The third-order valence-corrected chi connectivity index (χ3v) is 3.74. The van der Waals surface area contributed by atoms with Gasteiger partial charge in [-0.15, -0.1) is 0 Å². The van der Waals surface area contributed by atoms with Crippen molar-refractivity contribution >= 4 is 5.97 Å². The number of carbonyl (C=O) groups is 1. The first-order valence-corrected chi connectivity index (χ1v) is 6.77. The van der Waals surface area contributed by atoms with Crippen LogP contribution in [0.1, 0.15) is 50.8 Å². The van der Waals surface area contributed by atoms with Crippen LogP contribution in [-0.4, -0.2) is 20.2 Å². The molecule has 0 radical (unpaired) electrons. The average Bonchev–Trinajstić information content (AvgIpc) is 2.44. The summed E-state index contributed by atoms with van der Waals surface area (Å²) in [5.74, 6) is 0.744. The van der Waals surface area contributed by atoms with E-state index in [0.717, 1.165) is 11.1 Å². The van der Waals surface area contributed by atoms with Gasteiger partial charge in [0.25, 0.3) is 0 Å². The minimum Gasteiger partial charge on any atom is -0.496 e. The van der Waals surface area contributed by atoms with Gasteiger partial charge >= 0.3 is 5.97 Å². The molecule has 4 nitrogen and oxygen atoms in total. The van der Waals surface area contributed by atoms with E-state index >= 15 is 0 Å². The molecule has 1 atom stereocenters. The highest BCUT2D eigenvalue weighted by atomic mass is 16.5. The summed E-state index contributed by atoms with van der Waals surface area (Å²) in [6.45, 7) is 7.79. The lowest BCUT2D eigenvalue weighted by atomic mass is 9.80. The maximum atomic E-state index is 11.9. The molecule has 0 saturated heterocycles. The number of hydrogen-bond acceptors (Lipinski definition) is 4. The van der Waals surface area contributed by atoms with Crippen molar-refractivity contribution in [2.45, 2.75) is 39.7 Å². The molecule has 0 aromatic heterocycles. The van der Waals surface area contributed by atoms with Crippen LogP contribution < -0.4 is 10.5 Å². The van der Waals surface area contributed by atoms with Crippen LogP contribution in [0.3, 0.4) is 0 Å². The number of methoxy groups -OCH3 is 2. The summed E-state index contributed by atoms with van der Waals surface area (Å²) in [7, 11) is 2.98. The zero-order valence-electron chi connectivity index (χ0n) is 13.2. The average molecular weight is 279 g/mol. The van der Waals surface area contributed by atoms with Gasteiger partial charge in [0, 0.05) is 11.6 Å². The van der Waals surface area contributed by atoms with Gasteiger partial charge in [-0.2, -0.15) is 0 Å². The fourth-order valence-electron chi connectivity index (χ4n) is 2.13. The van der Waals surface area contributed by atoms with Gasteiger partial charge < -0.3 is 15.2 Å². The van der Waals surface area contributed by atoms with Gasteiger partial charge in [0.2, 0.25) is 0 Å². The molecule has 0 spiro atoms. The molecule has 0 saturated carbocycles. The number of rotatable bonds is 5. The third kappa shape index (κ3) is 3.12. The van der Waals surface area contributed by atoms with E-state index in [2.05, 4.69) is 13.8 Å². The Morgan fingerprint density at radius 1 is 1.25 bits per heavy atom. The Kier molecular flexibility index (Phi) is 5.17. The Balaban J connectivity index is 3.29. The molecule has 0 unspecified atom stereocenters. The van der Waals surface area contributed by atoms with E-state index in [4.69, 9.17) is 15.2 Å². The van der Waals surface area contributed by atoms with Crippen molar-refractivity contribution in [2.75, 3.05) is 14.2 Å². The zero-order valence-corrected chi connectivity index (χ0v) is 13.2. The molecule has 112 valence electrons. The van der Waals surface area contributed by atoms with E-state index in [0.29, 0.717) is 11.7 Å². The highest BCUT2D eigenvalue weighted by Gasteiger charge is 2.38. The monoisotopic (exact) mass is 279 g/mol. The number of ether oxygens (including phenoxy) is 2. The molecule has 4 heteroatoms. The van der Waals surface area contributed by atoms with Gasteiger partial charge in [-0.25, -0.2) is 0 Å². The Morgan fingerprint density at radius 2 is 1.85 bits per heavy atom. The number of carbonyl (C=O) groups excluding carboxylic acids is 1. The topological polar surface area (TPSA) is 61.5 Å². The Hall–Kier alpha value is -1.55. The fraction of sp³-hybridized carbons (Fsp3) is 0.562. The molecular formula is C16H25NO3. The molecule has 2 N–H and O–H groups in total. The van der Waals surface area contributed by atoms with Crippen molar-refractivity contribution < 1.29 is 14.3 Å². The summed E-state index contributed by atoms with van der Waals surface area (Å²) < 4.78 is 10.2. The molecular weight excluding hydrogens is 254 g/mol. The minimum atomic E-state index is -0.822. The van der Waals surface area contributed by atoms with Crippen molar-refractivity contribution in [3.05, 3.63) is 29.3 Å². The predicted octanol–water partition coefficient (Wildman–Crippen LogP) is 3.02. The summed E-state index contributed by atoms with van der Waals surface area (Å²) >= 11 is 0. The second kappa shape index (κ2) is 6.27. The Morgan fingerprint density at radius 3 is 2.30 bits per heavy atom. The number of hydrogen-bond donors (Lipinski definition) is 1. The third-order valence-electron chi connectivity index (χ3n) is 3.74. The first-order chi connectivity index (χ1) is 9.25. The normalized spacial score (nSPS) is 13.2. The van der Waals surface area contributed by atoms with Crippen molar-refractivity contribution in [3.8, 4) is 5.75 Å². The second-order valence-corrected chi connectivity index (χ2v) is 5.85. The Labute approximate surface area is 121 Å². The quantitative estimate of drug-likeness (QED) is 0.842. The van der Waals surface area contributed by atoms with E-state index in [1.807, 2.05) is 18.2 Å². The second-order valence-electron chi connectivity index (χ2n) is 5.85. The van der Waals surface area contributed by atoms with Crippen molar-refractivity contribution in [2.24, 2.45) is 11.1 Å². The molecule has 0 bridgehead atoms. The van der Waals surface area contributed by atoms with Crippen LogP contribution in [0.4, 0.5) is 0 Å². The smallest absolute Gasteiger partial charge is 0.313 e. The van der Waals surface area contributed by atoms with Crippen molar-refractivity contribution in [3.63, 3.8) is 0 Å². The highest BCUT2D eigenvalue weighted by molar-refractivity contribution is 5.77. The van der Waals surface area contributed by atoms with Gasteiger partial charge in [-0.05, 0) is 31.4 Å². The van der Waals surface area contributed by atoms with E-state index in [1.165, 1.54) is 7.11 Å². The van der Waals surface area contributed by atoms with E-state index in [1.54, 1.807) is 21.0 Å². The predicted molar refractivity (Wildman–Crippen MR) is 79.8 cm³/mol. The number of esters is 1.